The van der Waals surface area contributed by atoms with Crippen LogP contribution in [0.15, 0.2) is 170 Å². The summed E-state index contributed by atoms with van der Waals surface area (Å²) in [7, 11) is -9.82. The van der Waals surface area contributed by atoms with Crippen molar-refractivity contribution in [2.24, 2.45) is 0 Å². The Labute approximate surface area is 790 Å². The van der Waals surface area contributed by atoms with Gasteiger partial charge < -0.3 is 34.2 Å². The summed E-state index contributed by atoms with van der Waals surface area (Å²) in [5.41, 5.74) is 0. The van der Waals surface area contributed by atoms with Gasteiger partial charge in [0, 0.05) is 19.3 Å². The number of rotatable bonds is 99. The minimum atomic E-state index is -4.95. The van der Waals surface area contributed by atoms with Crippen molar-refractivity contribution in [2.45, 2.75) is 476 Å². The first kappa shape index (κ1) is 124. The third-order valence-electron chi connectivity index (χ3n) is 22.4. The predicted octanol–water partition coefficient (Wildman–Crippen LogP) is 33.3. The zero-order valence-electron chi connectivity index (χ0n) is 82.3. The lowest BCUT2D eigenvalue weighted by Crippen LogP contribution is -2.30. The normalized spacial score (nSPS) is 14.3. The van der Waals surface area contributed by atoms with Gasteiger partial charge >= 0.3 is 33.6 Å². The summed E-state index contributed by atoms with van der Waals surface area (Å²) in [6, 6.07) is 0. The van der Waals surface area contributed by atoms with E-state index in [1.54, 1.807) is 0 Å². The summed E-state index contributed by atoms with van der Waals surface area (Å²) < 4.78 is 61.7. The van der Waals surface area contributed by atoms with Crippen LogP contribution < -0.4 is 0 Å². The first-order valence-corrected chi connectivity index (χ1v) is 55.4. The number of phosphoric ester groups is 2. The topological polar surface area (TPSA) is 231 Å². The maximum absolute atomic E-state index is 13.1. The van der Waals surface area contributed by atoms with Crippen LogP contribution in [0.3, 0.4) is 0 Å². The quantitative estimate of drug-likeness (QED) is 0.0146. The number of unbranched alkanes of at least 4 members (excludes halogenated alkanes) is 48. The van der Waals surface area contributed by atoms with Crippen LogP contribution in [0.5, 0.6) is 0 Å². The van der Waals surface area contributed by atoms with Crippen molar-refractivity contribution in [1.29, 1.82) is 0 Å². The minimum absolute atomic E-state index is 0.0960. The SMILES string of the molecule is CC/C=C\C/C=C\C/C=C\C/C=C\C/C=C\C/C=C\CCCCCCCCCCCCCCCCCCC(=O)OCC(O)COP(=O)(O)OCC(O)COP(=O)(O)OCC(COC(=O)CCCCCCCCCCCCCCCCCCC/C=C\C/C=C\C/C=C\C/C=C\CCCCC)OC(=O)CCCCCCCCCCC/C=C\C/C=C\C/C=C\C/C=C\CCCCC. The second-order valence-corrected chi connectivity index (χ2v) is 37.9. The van der Waals surface area contributed by atoms with E-state index in [4.69, 9.17) is 32.3 Å². The number of hydrogen-bond donors (Lipinski definition) is 4. The molecule has 5 atom stereocenters. The minimum Gasteiger partial charge on any atom is -0.463 e. The molecule has 0 fully saturated rings. The number of carbonyl (C=O) groups excluding carboxylic acids is 3. The van der Waals surface area contributed by atoms with Gasteiger partial charge in [-0.1, -0.05) is 448 Å². The number of allylic oxidation sites excluding steroid dienone is 28. The lowest BCUT2D eigenvalue weighted by Gasteiger charge is -2.21. The third-order valence-corrected chi connectivity index (χ3v) is 24.3. The van der Waals surface area contributed by atoms with Gasteiger partial charge in [-0.05, 0) is 161 Å². The molecular formula is C111H192O16P2. The van der Waals surface area contributed by atoms with Crippen LogP contribution in [0.2, 0.25) is 0 Å². The van der Waals surface area contributed by atoms with Gasteiger partial charge in [-0.15, -0.1) is 0 Å². The van der Waals surface area contributed by atoms with Crippen molar-refractivity contribution in [3.05, 3.63) is 170 Å². The Morgan fingerprint density at radius 3 is 0.651 bits per heavy atom. The number of carbonyl (C=O) groups is 3. The van der Waals surface area contributed by atoms with Crippen LogP contribution >= 0.6 is 15.6 Å². The van der Waals surface area contributed by atoms with Gasteiger partial charge in [-0.25, -0.2) is 9.13 Å². The van der Waals surface area contributed by atoms with E-state index in [9.17, 15) is 43.5 Å². The molecular weight excluding hydrogens is 1650 g/mol. The fourth-order valence-corrected chi connectivity index (χ4v) is 16.1. The Hall–Kier alpha value is -5.09. The van der Waals surface area contributed by atoms with Crippen molar-refractivity contribution in [3.63, 3.8) is 0 Å². The molecule has 0 aliphatic rings. The maximum atomic E-state index is 13.1. The number of esters is 3. The second-order valence-electron chi connectivity index (χ2n) is 35.0. The van der Waals surface area contributed by atoms with E-state index >= 15 is 0 Å². The van der Waals surface area contributed by atoms with Crippen LogP contribution in [0.1, 0.15) is 457 Å². The zero-order valence-corrected chi connectivity index (χ0v) is 84.1. The van der Waals surface area contributed by atoms with E-state index in [1.165, 1.54) is 250 Å². The van der Waals surface area contributed by atoms with Crippen LogP contribution in [0, 0.1) is 0 Å². The van der Waals surface area contributed by atoms with Gasteiger partial charge in [-0.2, -0.15) is 0 Å². The lowest BCUT2D eigenvalue weighted by atomic mass is 10.0. The summed E-state index contributed by atoms with van der Waals surface area (Å²) in [6.07, 6.45) is 134. The van der Waals surface area contributed by atoms with Crippen molar-refractivity contribution >= 4 is 33.6 Å². The Morgan fingerprint density at radius 1 is 0.225 bits per heavy atom. The molecule has 0 spiro atoms. The highest BCUT2D eigenvalue weighted by molar-refractivity contribution is 7.47. The maximum Gasteiger partial charge on any atom is 0.472 e. The van der Waals surface area contributed by atoms with E-state index in [0.29, 0.717) is 19.3 Å². The first-order valence-electron chi connectivity index (χ1n) is 52.4. The molecule has 0 heterocycles. The van der Waals surface area contributed by atoms with Gasteiger partial charge in [0.25, 0.3) is 0 Å². The highest BCUT2D eigenvalue weighted by Gasteiger charge is 2.30. The molecule has 5 unspecified atom stereocenters. The van der Waals surface area contributed by atoms with Crippen molar-refractivity contribution in [1.82, 2.24) is 0 Å². The molecule has 129 heavy (non-hydrogen) atoms. The number of ether oxygens (including phenoxy) is 3. The Balaban J connectivity index is 4.57. The van der Waals surface area contributed by atoms with E-state index in [2.05, 4.69) is 191 Å². The van der Waals surface area contributed by atoms with Crippen molar-refractivity contribution in [2.75, 3.05) is 39.6 Å². The molecule has 0 amide bonds. The van der Waals surface area contributed by atoms with Crippen LogP contribution in [0.25, 0.3) is 0 Å². The molecule has 0 aromatic heterocycles. The number of aliphatic hydroxyl groups is 2. The van der Waals surface area contributed by atoms with Gasteiger partial charge in [0.1, 0.15) is 25.4 Å². The number of aliphatic hydroxyl groups excluding tert-OH is 2. The van der Waals surface area contributed by atoms with Crippen LogP contribution in [-0.4, -0.2) is 95.9 Å². The molecule has 18 heteroatoms. The molecule has 0 radical (unpaired) electrons. The van der Waals surface area contributed by atoms with Crippen molar-refractivity contribution < 1.29 is 75.8 Å². The summed E-state index contributed by atoms with van der Waals surface area (Å²) in [5, 5.41) is 20.8. The van der Waals surface area contributed by atoms with E-state index < -0.39 is 91.5 Å². The Morgan fingerprint density at radius 2 is 0.411 bits per heavy atom. The highest BCUT2D eigenvalue weighted by Crippen LogP contribution is 2.45. The molecule has 0 rings (SSSR count). The van der Waals surface area contributed by atoms with Gasteiger partial charge in [0.2, 0.25) is 0 Å². The summed E-state index contributed by atoms with van der Waals surface area (Å²) >= 11 is 0. The van der Waals surface area contributed by atoms with Crippen molar-refractivity contribution in [3.8, 4) is 0 Å². The number of phosphoric acid groups is 2. The van der Waals surface area contributed by atoms with Gasteiger partial charge in [0.15, 0.2) is 6.10 Å². The molecule has 0 saturated heterocycles. The molecule has 16 nitrogen and oxygen atoms in total. The first-order chi connectivity index (χ1) is 63.2. The van der Waals surface area contributed by atoms with Gasteiger partial charge in [0.05, 0.1) is 26.4 Å². The molecule has 742 valence electrons. The molecule has 0 aliphatic heterocycles. The highest BCUT2D eigenvalue weighted by atomic mass is 31.2. The molecule has 0 bridgehead atoms. The second kappa shape index (κ2) is 102. The van der Waals surface area contributed by atoms with E-state index in [1.807, 2.05) is 0 Å². The monoisotopic (exact) mass is 1840 g/mol. The Bertz CT molecular complexity index is 3030. The largest absolute Gasteiger partial charge is 0.472 e. The molecule has 0 saturated carbocycles. The average molecular weight is 1840 g/mol. The lowest BCUT2D eigenvalue weighted by molar-refractivity contribution is -0.161. The fraction of sp³-hybridized carbons (Fsp3) is 0.721. The molecule has 0 aromatic carbocycles. The molecule has 4 N–H and O–H groups in total. The molecule has 0 aliphatic carbocycles. The smallest absolute Gasteiger partial charge is 0.463 e. The average Bonchev–Trinajstić information content (AvgIpc) is 0.895. The fourth-order valence-electron chi connectivity index (χ4n) is 14.5. The Kier molecular flexibility index (Phi) is 97.8. The summed E-state index contributed by atoms with van der Waals surface area (Å²) in [6.45, 7) is 2.59. The van der Waals surface area contributed by atoms with Gasteiger partial charge in [-0.3, -0.25) is 32.5 Å². The summed E-state index contributed by atoms with van der Waals surface area (Å²) in [4.78, 5) is 59.2. The number of hydrogen-bond acceptors (Lipinski definition) is 14. The molecule has 0 aromatic rings. The van der Waals surface area contributed by atoms with E-state index in [-0.39, 0.29) is 19.3 Å². The summed E-state index contributed by atoms with van der Waals surface area (Å²) in [5.74, 6) is -1.56. The van der Waals surface area contributed by atoms with Crippen LogP contribution in [0.4, 0.5) is 0 Å². The standard InChI is InChI=1S/C111H192O16P2/c1-4-7-10-13-16-19-22-25-28-31-34-37-40-43-45-47-49-51-52-54-56-57-59-62-64-67-70-73-76-79-82-85-88-91-94-97-109(114)121-100-106(112)101-123-128(117,118)124-102-107(113)103-125-129(119,120)126-105-108(127-111(116)99-96-93-90-87-84-81-78-75-72-69-66-61-42-39-36-33-30-27-24-21-18-15-12-9-6-3)104-122-110(115)98-95-92-89-86-83-80-77-74-71-68-65-63-60-58-55-53-50-48-46-44-41-38-35-32-29-26-23-20-17-14-11-8-5-2/h7,10,16-21,25-30,34-39,43-46,49,51,61,66,106-108,112-113H,4-6,8-9,11-15,22-24,31-33,40-42,47-48,50,52-60,62-65,67-105H2,1-3H3,(H,117,118)(H,119,120)/b10-7-,19-16-,20-17-,21-18-,28-25-,29-26-,30-27-,37-34-,38-35-,39-36-,45-43-,46-44-,51-49-,66-61-. The van der Waals surface area contributed by atoms with E-state index in [0.717, 1.165) is 148 Å². The predicted molar refractivity (Wildman–Crippen MR) is 546 cm³/mol. The van der Waals surface area contributed by atoms with Crippen LogP contribution in [-0.2, 0) is 55.8 Å². The zero-order chi connectivity index (χ0) is 93.5. The third kappa shape index (κ3) is 103.